The lowest BCUT2D eigenvalue weighted by molar-refractivity contribution is 0.260. The molecule has 1 aromatic carbocycles. The van der Waals surface area contributed by atoms with Crippen LogP contribution in [0.5, 0.6) is 0 Å². The molecule has 1 saturated heterocycles. The van der Waals surface area contributed by atoms with E-state index in [1.54, 1.807) is 28.6 Å². The lowest BCUT2D eigenvalue weighted by Crippen LogP contribution is -2.40. The third kappa shape index (κ3) is 3.80. The standard InChI is InChI=1S/C19H27N3O2S/c1-15(2)22-16(3)13-20-19(22)12-17-8-7-11-21(14-17)25(23,24)18-9-5-4-6-10-18/h4-6,9-10,13,15,17H,7-8,11-12,14H2,1-3H3. The zero-order valence-corrected chi connectivity index (χ0v) is 16.0. The van der Waals surface area contributed by atoms with Crippen LogP contribution >= 0.6 is 0 Å². The van der Waals surface area contributed by atoms with Gasteiger partial charge in [-0.1, -0.05) is 18.2 Å². The molecule has 0 aliphatic carbocycles. The summed E-state index contributed by atoms with van der Waals surface area (Å²) in [5.41, 5.74) is 1.16. The van der Waals surface area contributed by atoms with Gasteiger partial charge in [0.25, 0.3) is 0 Å². The smallest absolute Gasteiger partial charge is 0.243 e. The maximum atomic E-state index is 12.9. The summed E-state index contributed by atoms with van der Waals surface area (Å²) in [5.74, 6) is 1.38. The third-order valence-corrected chi connectivity index (χ3v) is 6.79. The molecule has 1 aliphatic rings. The Bertz CT molecular complexity index is 812. The zero-order valence-electron chi connectivity index (χ0n) is 15.2. The van der Waals surface area contributed by atoms with Gasteiger partial charge in [-0.2, -0.15) is 4.31 Å². The molecule has 0 spiro atoms. The van der Waals surface area contributed by atoms with Gasteiger partial charge >= 0.3 is 0 Å². The third-order valence-electron chi connectivity index (χ3n) is 4.91. The van der Waals surface area contributed by atoms with Crippen molar-refractivity contribution in [1.29, 1.82) is 0 Å². The minimum Gasteiger partial charge on any atom is -0.330 e. The fraction of sp³-hybridized carbons (Fsp3) is 0.526. The molecule has 0 radical (unpaired) electrons. The van der Waals surface area contributed by atoms with Crippen LogP contribution in [-0.2, 0) is 16.4 Å². The number of hydrogen-bond donors (Lipinski definition) is 0. The molecule has 1 aliphatic heterocycles. The number of piperidine rings is 1. The van der Waals surface area contributed by atoms with Crippen LogP contribution in [0.4, 0.5) is 0 Å². The van der Waals surface area contributed by atoms with E-state index in [9.17, 15) is 8.42 Å². The summed E-state index contributed by atoms with van der Waals surface area (Å²) >= 11 is 0. The predicted octanol–water partition coefficient (Wildman–Crippen LogP) is 3.42. The van der Waals surface area contributed by atoms with Crippen molar-refractivity contribution in [3.8, 4) is 0 Å². The van der Waals surface area contributed by atoms with Gasteiger partial charge < -0.3 is 4.57 Å². The highest BCUT2D eigenvalue weighted by Crippen LogP contribution is 2.26. The Labute approximate surface area is 150 Å². The molecule has 0 N–H and O–H groups in total. The Morgan fingerprint density at radius 3 is 2.64 bits per heavy atom. The Morgan fingerprint density at radius 1 is 1.24 bits per heavy atom. The normalized spacial score (nSPS) is 19.4. The summed E-state index contributed by atoms with van der Waals surface area (Å²) in [4.78, 5) is 4.96. The second-order valence-corrected chi connectivity index (χ2v) is 9.11. The second kappa shape index (κ2) is 7.30. The van der Waals surface area contributed by atoms with Crippen molar-refractivity contribution in [2.75, 3.05) is 13.1 Å². The lowest BCUT2D eigenvalue weighted by Gasteiger charge is -2.32. The Kier molecular flexibility index (Phi) is 5.29. The van der Waals surface area contributed by atoms with Crippen LogP contribution in [0.3, 0.4) is 0 Å². The van der Waals surface area contributed by atoms with Crippen LogP contribution in [0, 0.1) is 12.8 Å². The van der Waals surface area contributed by atoms with E-state index in [2.05, 4.69) is 30.3 Å². The van der Waals surface area contributed by atoms with Gasteiger partial charge in [0.05, 0.1) is 4.90 Å². The second-order valence-electron chi connectivity index (χ2n) is 7.17. The maximum absolute atomic E-state index is 12.9. The fourth-order valence-corrected chi connectivity index (χ4v) is 5.34. The van der Waals surface area contributed by atoms with Gasteiger partial charge in [0.1, 0.15) is 5.82 Å². The van der Waals surface area contributed by atoms with Crippen LogP contribution in [0.1, 0.15) is 44.2 Å². The molecule has 0 amide bonds. The van der Waals surface area contributed by atoms with Crippen molar-refractivity contribution in [1.82, 2.24) is 13.9 Å². The molecular weight excluding hydrogens is 334 g/mol. The van der Waals surface area contributed by atoms with Crippen molar-refractivity contribution in [2.45, 2.75) is 51.0 Å². The van der Waals surface area contributed by atoms with E-state index in [-0.39, 0.29) is 0 Å². The topological polar surface area (TPSA) is 55.2 Å². The molecule has 3 rings (SSSR count). The van der Waals surface area contributed by atoms with Gasteiger partial charge in [0.15, 0.2) is 0 Å². The van der Waals surface area contributed by atoms with Gasteiger partial charge in [0.2, 0.25) is 10.0 Å². The largest absolute Gasteiger partial charge is 0.330 e. The van der Waals surface area contributed by atoms with Crippen LogP contribution in [-0.4, -0.2) is 35.4 Å². The molecular formula is C19H27N3O2S. The summed E-state index contributed by atoms with van der Waals surface area (Å²) < 4.78 is 29.6. The van der Waals surface area contributed by atoms with E-state index in [0.29, 0.717) is 29.9 Å². The minimum atomic E-state index is -3.40. The first-order valence-electron chi connectivity index (χ1n) is 8.97. The van der Waals surface area contributed by atoms with Crippen LogP contribution in [0.15, 0.2) is 41.4 Å². The molecule has 0 bridgehead atoms. The Balaban J connectivity index is 1.76. The summed E-state index contributed by atoms with van der Waals surface area (Å²) in [7, 11) is -3.40. The number of hydrogen-bond acceptors (Lipinski definition) is 3. The monoisotopic (exact) mass is 361 g/mol. The summed E-state index contributed by atoms with van der Waals surface area (Å²) in [6.07, 6.45) is 4.69. The van der Waals surface area contributed by atoms with Gasteiger partial charge in [-0.15, -0.1) is 0 Å². The van der Waals surface area contributed by atoms with E-state index in [0.717, 1.165) is 30.8 Å². The highest BCUT2D eigenvalue weighted by molar-refractivity contribution is 7.89. The molecule has 0 saturated carbocycles. The lowest BCUT2D eigenvalue weighted by atomic mass is 9.96. The van der Waals surface area contributed by atoms with Crippen molar-refractivity contribution < 1.29 is 8.42 Å². The number of benzene rings is 1. The first-order valence-corrected chi connectivity index (χ1v) is 10.4. The van der Waals surface area contributed by atoms with Crippen molar-refractivity contribution in [2.24, 2.45) is 5.92 Å². The quantitative estimate of drug-likeness (QED) is 0.820. The van der Waals surface area contributed by atoms with Crippen LogP contribution in [0.2, 0.25) is 0 Å². The zero-order chi connectivity index (χ0) is 18.0. The number of imidazole rings is 1. The molecule has 136 valence electrons. The van der Waals surface area contributed by atoms with Gasteiger partial charge in [-0.3, -0.25) is 0 Å². The summed E-state index contributed by atoms with van der Waals surface area (Å²) in [6.45, 7) is 7.56. The highest BCUT2D eigenvalue weighted by Gasteiger charge is 2.31. The van der Waals surface area contributed by atoms with Crippen LogP contribution < -0.4 is 0 Å². The van der Waals surface area contributed by atoms with Crippen molar-refractivity contribution in [3.05, 3.63) is 48.0 Å². The van der Waals surface area contributed by atoms with E-state index in [1.165, 1.54) is 0 Å². The number of aryl methyl sites for hydroxylation is 1. The van der Waals surface area contributed by atoms with E-state index < -0.39 is 10.0 Å². The number of sulfonamides is 1. The molecule has 1 atom stereocenters. The molecule has 2 heterocycles. The van der Waals surface area contributed by atoms with E-state index in [1.807, 2.05) is 12.3 Å². The first-order chi connectivity index (χ1) is 11.9. The molecule has 1 aromatic heterocycles. The highest BCUT2D eigenvalue weighted by atomic mass is 32.2. The average molecular weight is 362 g/mol. The minimum absolute atomic E-state index is 0.312. The molecule has 1 unspecified atom stereocenters. The fourth-order valence-electron chi connectivity index (χ4n) is 3.76. The SMILES string of the molecule is Cc1cnc(CC2CCCN(S(=O)(=O)c3ccccc3)C2)n1C(C)C. The Morgan fingerprint density at radius 2 is 1.96 bits per heavy atom. The predicted molar refractivity (Wildman–Crippen MR) is 99.0 cm³/mol. The van der Waals surface area contributed by atoms with Gasteiger partial charge in [-0.05, 0) is 51.7 Å². The van der Waals surface area contributed by atoms with Crippen LogP contribution in [0.25, 0.3) is 0 Å². The molecule has 5 nitrogen and oxygen atoms in total. The number of rotatable bonds is 5. The van der Waals surface area contributed by atoms with Crippen molar-refractivity contribution >= 4 is 10.0 Å². The van der Waals surface area contributed by atoms with Crippen molar-refractivity contribution in [3.63, 3.8) is 0 Å². The molecule has 25 heavy (non-hydrogen) atoms. The molecule has 1 fully saturated rings. The molecule has 2 aromatic rings. The molecule has 6 heteroatoms. The number of nitrogens with zero attached hydrogens (tertiary/aromatic N) is 3. The van der Waals surface area contributed by atoms with E-state index in [4.69, 9.17) is 0 Å². The summed E-state index contributed by atoms with van der Waals surface area (Å²) in [6, 6.07) is 9.10. The maximum Gasteiger partial charge on any atom is 0.243 e. The number of aromatic nitrogens is 2. The van der Waals surface area contributed by atoms with E-state index >= 15 is 0 Å². The Hall–Kier alpha value is -1.66. The summed E-state index contributed by atoms with van der Waals surface area (Å²) in [5, 5.41) is 0. The van der Waals surface area contributed by atoms with Gasteiger partial charge in [0, 0.05) is 37.4 Å². The first kappa shape index (κ1) is 18.1. The van der Waals surface area contributed by atoms with Gasteiger partial charge in [-0.25, -0.2) is 13.4 Å². The average Bonchev–Trinajstić information content (AvgIpc) is 2.96.